The number of fused-ring (bicyclic) bond motifs is 3. The highest BCUT2D eigenvalue weighted by Gasteiger charge is 2.34. The first kappa shape index (κ1) is 21.3. The highest BCUT2D eigenvalue weighted by Crippen LogP contribution is 2.32. The maximum absolute atomic E-state index is 16.0. The standard InChI is InChI=1S/C24H25FN6O2/c1-3-14-6-4-5-7-17(14)21(27-13-32)22-19(25)20-18(10-26-22)23(30-24(29-20)33-2)31-11-15-8-9-16(12-31)28-15/h3-7,10,13,15-16,28H,8-9,11-12H2,1-2H3,(H,27,32)/b14-3-,21-17-. The number of nitrogens with zero attached hydrogens (tertiary/aromatic N) is 4. The minimum Gasteiger partial charge on any atom is -0.467 e. The van der Waals surface area contributed by atoms with E-state index in [1.165, 1.54) is 7.11 Å². The van der Waals surface area contributed by atoms with Gasteiger partial charge in [0.15, 0.2) is 5.82 Å². The summed E-state index contributed by atoms with van der Waals surface area (Å²) in [6.07, 6.45) is 6.22. The van der Waals surface area contributed by atoms with Crippen LogP contribution in [0.1, 0.15) is 25.5 Å². The van der Waals surface area contributed by atoms with Crippen molar-refractivity contribution in [2.45, 2.75) is 31.8 Å². The maximum atomic E-state index is 16.0. The van der Waals surface area contributed by atoms with Crippen LogP contribution in [0.3, 0.4) is 0 Å². The Morgan fingerprint density at radius 2 is 2.00 bits per heavy atom. The van der Waals surface area contributed by atoms with Gasteiger partial charge in [0.2, 0.25) is 6.41 Å². The number of anilines is 1. The molecule has 0 spiro atoms. The van der Waals surface area contributed by atoms with Crippen molar-refractivity contribution in [1.82, 2.24) is 25.6 Å². The Balaban J connectivity index is 1.73. The van der Waals surface area contributed by atoms with E-state index < -0.39 is 5.82 Å². The van der Waals surface area contributed by atoms with Crippen molar-refractivity contribution in [2.75, 3.05) is 25.1 Å². The fourth-order valence-corrected chi connectivity index (χ4v) is 4.81. The first-order valence-corrected chi connectivity index (χ1v) is 11.0. The van der Waals surface area contributed by atoms with Gasteiger partial charge in [-0.2, -0.15) is 9.97 Å². The molecule has 2 saturated heterocycles. The molecule has 2 aromatic heterocycles. The Bertz CT molecular complexity index is 1330. The second-order valence-corrected chi connectivity index (χ2v) is 8.27. The van der Waals surface area contributed by atoms with Crippen molar-refractivity contribution in [1.29, 1.82) is 0 Å². The summed E-state index contributed by atoms with van der Waals surface area (Å²) < 4.78 is 21.3. The molecule has 5 rings (SSSR count). The first-order chi connectivity index (χ1) is 16.1. The molecule has 1 aromatic carbocycles. The quantitative estimate of drug-likeness (QED) is 0.559. The lowest BCUT2D eigenvalue weighted by molar-refractivity contribution is -0.108. The van der Waals surface area contributed by atoms with Crippen molar-refractivity contribution in [3.05, 3.63) is 52.4 Å². The zero-order valence-corrected chi connectivity index (χ0v) is 18.5. The summed E-state index contributed by atoms with van der Waals surface area (Å²) in [6.45, 7) is 3.43. The lowest BCUT2D eigenvalue weighted by atomic mass is 10.1. The van der Waals surface area contributed by atoms with Gasteiger partial charge in [-0.15, -0.1) is 0 Å². The summed E-state index contributed by atoms with van der Waals surface area (Å²) in [5.74, 6) is -0.0248. The third kappa shape index (κ3) is 3.78. The van der Waals surface area contributed by atoms with E-state index >= 15 is 4.39 Å². The number of ether oxygens (including phenoxy) is 1. The van der Waals surface area contributed by atoms with E-state index in [0.29, 0.717) is 34.9 Å². The van der Waals surface area contributed by atoms with Gasteiger partial charge in [0.05, 0.1) is 18.2 Å². The van der Waals surface area contributed by atoms with Crippen molar-refractivity contribution >= 4 is 34.9 Å². The molecule has 2 unspecified atom stereocenters. The van der Waals surface area contributed by atoms with Crippen molar-refractivity contribution in [2.24, 2.45) is 0 Å². The molecule has 2 aliphatic heterocycles. The molecule has 0 aliphatic carbocycles. The van der Waals surface area contributed by atoms with E-state index in [1.54, 1.807) is 6.20 Å². The molecule has 1 amide bonds. The van der Waals surface area contributed by atoms with Crippen LogP contribution < -0.4 is 30.7 Å². The van der Waals surface area contributed by atoms with Crippen LogP contribution in [-0.2, 0) is 4.79 Å². The monoisotopic (exact) mass is 448 g/mol. The highest BCUT2D eigenvalue weighted by molar-refractivity contribution is 5.91. The van der Waals surface area contributed by atoms with Gasteiger partial charge in [0.25, 0.3) is 0 Å². The largest absolute Gasteiger partial charge is 0.467 e. The van der Waals surface area contributed by atoms with Gasteiger partial charge in [0, 0.05) is 36.6 Å². The number of carbonyl (C=O) groups is 1. The summed E-state index contributed by atoms with van der Waals surface area (Å²) in [5, 5.41) is 8.26. The van der Waals surface area contributed by atoms with Gasteiger partial charge in [-0.3, -0.25) is 9.78 Å². The molecule has 33 heavy (non-hydrogen) atoms. The number of piperazine rings is 1. The highest BCUT2D eigenvalue weighted by atomic mass is 19.1. The lowest BCUT2D eigenvalue weighted by Gasteiger charge is -2.34. The minimum absolute atomic E-state index is 0.0102. The third-order valence-corrected chi connectivity index (χ3v) is 6.32. The zero-order chi connectivity index (χ0) is 22.9. The summed E-state index contributed by atoms with van der Waals surface area (Å²) in [7, 11) is 1.46. The molecule has 2 atom stereocenters. The third-order valence-electron chi connectivity index (χ3n) is 6.32. The zero-order valence-electron chi connectivity index (χ0n) is 18.5. The average Bonchev–Trinajstić information content (AvgIpc) is 3.19. The fourth-order valence-electron chi connectivity index (χ4n) is 4.81. The number of hydrogen-bond donors (Lipinski definition) is 2. The lowest BCUT2D eigenvalue weighted by Crippen LogP contribution is -2.51. The van der Waals surface area contributed by atoms with Crippen LogP contribution in [-0.4, -0.2) is 53.6 Å². The van der Waals surface area contributed by atoms with Gasteiger partial charge >= 0.3 is 6.01 Å². The number of aromatic nitrogens is 3. The van der Waals surface area contributed by atoms with Gasteiger partial charge in [-0.05, 0) is 25.0 Å². The molecule has 2 N–H and O–H groups in total. The van der Waals surface area contributed by atoms with E-state index in [0.717, 1.165) is 31.1 Å². The smallest absolute Gasteiger partial charge is 0.318 e. The van der Waals surface area contributed by atoms with Gasteiger partial charge in [-0.1, -0.05) is 30.3 Å². The van der Waals surface area contributed by atoms with Crippen LogP contribution in [0.25, 0.3) is 22.7 Å². The molecule has 170 valence electrons. The second kappa shape index (κ2) is 8.74. The topological polar surface area (TPSA) is 92.3 Å². The second-order valence-electron chi connectivity index (χ2n) is 8.27. The number of nitrogens with one attached hydrogen (secondary N) is 2. The molecule has 8 nitrogen and oxygen atoms in total. The van der Waals surface area contributed by atoms with E-state index in [2.05, 4.69) is 30.5 Å². The van der Waals surface area contributed by atoms with E-state index in [-0.39, 0.29) is 22.9 Å². The van der Waals surface area contributed by atoms with Crippen molar-refractivity contribution in [3.8, 4) is 6.01 Å². The number of methoxy groups -OCH3 is 1. The number of halogens is 1. The number of carbonyl (C=O) groups excluding carboxylic acids is 1. The predicted molar refractivity (Wildman–Crippen MR) is 124 cm³/mol. The summed E-state index contributed by atoms with van der Waals surface area (Å²) in [4.78, 5) is 26.9. The Hall–Kier alpha value is -3.59. The Morgan fingerprint density at radius 1 is 1.24 bits per heavy atom. The van der Waals surface area contributed by atoms with Crippen LogP contribution in [0, 0.1) is 5.82 Å². The van der Waals surface area contributed by atoms with E-state index in [9.17, 15) is 4.79 Å². The summed E-state index contributed by atoms with van der Waals surface area (Å²) in [6, 6.07) is 8.28. The Morgan fingerprint density at radius 3 is 2.70 bits per heavy atom. The molecule has 3 aromatic rings. The summed E-state index contributed by atoms with van der Waals surface area (Å²) >= 11 is 0. The van der Waals surface area contributed by atoms with Crippen molar-refractivity contribution in [3.63, 3.8) is 0 Å². The number of pyridine rings is 1. The van der Waals surface area contributed by atoms with Crippen LogP contribution in [0.2, 0.25) is 0 Å². The van der Waals surface area contributed by atoms with Crippen LogP contribution in [0.4, 0.5) is 10.2 Å². The molecule has 9 heteroatoms. The number of benzene rings is 1. The molecular formula is C24H25FN6O2. The maximum Gasteiger partial charge on any atom is 0.318 e. The van der Waals surface area contributed by atoms with E-state index in [4.69, 9.17) is 4.74 Å². The minimum atomic E-state index is -0.636. The number of hydrogen-bond acceptors (Lipinski definition) is 7. The molecular weight excluding hydrogens is 423 g/mol. The molecule has 2 bridgehead atoms. The molecule has 2 aliphatic rings. The van der Waals surface area contributed by atoms with E-state index in [1.807, 2.05) is 37.3 Å². The predicted octanol–water partition coefficient (Wildman–Crippen LogP) is 0.816. The van der Waals surface area contributed by atoms with Crippen LogP contribution in [0.5, 0.6) is 6.01 Å². The number of rotatable bonds is 5. The Kier molecular flexibility index (Phi) is 5.63. The normalized spacial score (nSPS) is 21.3. The van der Waals surface area contributed by atoms with Crippen LogP contribution in [0.15, 0.2) is 30.5 Å². The van der Waals surface area contributed by atoms with Gasteiger partial charge in [-0.25, -0.2) is 4.39 Å². The summed E-state index contributed by atoms with van der Waals surface area (Å²) in [5.41, 5.74) is 0.393. The Labute approximate surface area is 190 Å². The first-order valence-electron chi connectivity index (χ1n) is 11.0. The van der Waals surface area contributed by atoms with Gasteiger partial charge in [0.1, 0.15) is 17.0 Å². The average molecular weight is 449 g/mol. The van der Waals surface area contributed by atoms with Gasteiger partial charge < -0.3 is 20.3 Å². The molecule has 2 fully saturated rings. The van der Waals surface area contributed by atoms with Crippen molar-refractivity contribution < 1.29 is 13.9 Å². The van der Waals surface area contributed by atoms with Crippen LogP contribution >= 0.6 is 0 Å². The molecule has 0 radical (unpaired) electrons. The fraction of sp³-hybridized carbons (Fsp3) is 0.333. The number of amides is 1. The molecule has 0 saturated carbocycles. The molecule has 4 heterocycles. The SMILES string of the molecule is C/C=c1/cccc/c1=C(/NC=O)c1ncc2c(N3CC4CCC(C3)N4)nc(OC)nc2c1F.